The van der Waals surface area contributed by atoms with Crippen molar-refractivity contribution in [2.75, 3.05) is 0 Å². The molecule has 1 saturated heterocycles. The highest BCUT2D eigenvalue weighted by Crippen LogP contribution is 2.45. The van der Waals surface area contributed by atoms with E-state index in [-0.39, 0.29) is 5.41 Å². The van der Waals surface area contributed by atoms with Crippen LogP contribution in [0.2, 0.25) is 0 Å². The van der Waals surface area contributed by atoms with Crippen LogP contribution in [-0.2, 0) is 19.1 Å². The van der Waals surface area contributed by atoms with Gasteiger partial charge in [0.25, 0.3) is 5.79 Å². The van der Waals surface area contributed by atoms with Crippen LogP contribution in [0.1, 0.15) is 60.8 Å². The summed E-state index contributed by atoms with van der Waals surface area (Å²) in [6, 6.07) is 0. The Hall–Kier alpha value is -1.32. The fourth-order valence-electron chi connectivity index (χ4n) is 3.09. The Labute approximate surface area is 126 Å². The number of allylic oxidation sites excluding steroid dienone is 1. The first-order valence-electron chi connectivity index (χ1n) is 7.63. The Morgan fingerprint density at radius 1 is 1.10 bits per heavy atom. The molecule has 0 N–H and O–H groups in total. The van der Waals surface area contributed by atoms with E-state index in [1.807, 2.05) is 6.08 Å². The van der Waals surface area contributed by atoms with Crippen molar-refractivity contribution in [1.82, 2.24) is 0 Å². The minimum Gasteiger partial charge on any atom is -0.422 e. The molecule has 0 spiro atoms. The topological polar surface area (TPSA) is 52.6 Å². The molecule has 0 radical (unpaired) electrons. The Morgan fingerprint density at radius 3 is 2.00 bits per heavy atom. The molecule has 118 valence electrons. The second-order valence-corrected chi connectivity index (χ2v) is 7.87. The Balaban J connectivity index is 2.24. The summed E-state index contributed by atoms with van der Waals surface area (Å²) < 4.78 is 10.6. The third-order valence-corrected chi connectivity index (χ3v) is 4.77. The van der Waals surface area contributed by atoms with Gasteiger partial charge in [0.15, 0.2) is 5.41 Å². The maximum Gasteiger partial charge on any atom is 0.330 e. The van der Waals surface area contributed by atoms with E-state index in [0.717, 1.165) is 24.8 Å². The first kappa shape index (κ1) is 16.1. The van der Waals surface area contributed by atoms with Gasteiger partial charge in [0.05, 0.1) is 0 Å². The van der Waals surface area contributed by atoms with Crippen molar-refractivity contribution in [3.63, 3.8) is 0 Å². The van der Waals surface area contributed by atoms with Gasteiger partial charge in [-0.2, -0.15) is 0 Å². The molecule has 1 aliphatic heterocycles. The smallest absolute Gasteiger partial charge is 0.330 e. The Kier molecular flexibility index (Phi) is 3.71. The zero-order valence-corrected chi connectivity index (χ0v) is 13.9. The lowest BCUT2D eigenvalue weighted by atomic mass is 9.68. The van der Waals surface area contributed by atoms with Gasteiger partial charge in [-0.25, -0.2) is 0 Å². The summed E-state index contributed by atoms with van der Waals surface area (Å²) in [6.45, 7) is 11.5. The summed E-state index contributed by atoms with van der Waals surface area (Å²) in [5, 5.41) is 0. The van der Waals surface area contributed by atoms with Crippen LogP contribution in [0.5, 0.6) is 0 Å². The molecular formula is C17H26O4. The predicted octanol–water partition coefficient (Wildman–Crippen LogP) is 3.60. The summed E-state index contributed by atoms with van der Waals surface area (Å²) in [7, 11) is 0. The van der Waals surface area contributed by atoms with E-state index < -0.39 is 23.1 Å². The summed E-state index contributed by atoms with van der Waals surface area (Å²) in [6.07, 6.45) is 4.65. The molecule has 1 fully saturated rings. The van der Waals surface area contributed by atoms with E-state index in [1.54, 1.807) is 20.8 Å². The van der Waals surface area contributed by atoms with Crippen molar-refractivity contribution in [3.8, 4) is 0 Å². The zero-order chi connectivity index (χ0) is 16.1. The van der Waals surface area contributed by atoms with Crippen molar-refractivity contribution in [2.45, 2.75) is 66.6 Å². The molecular weight excluding hydrogens is 268 g/mol. The van der Waals surface area contributed by atoms with Gasteiger partial charge in [-0.1, -0.05) is 26.8 Å². The predicted molar refractivity (Wildman–Crippen MR) is 79.2 cm³/mol. The molecule has 1 atom stereocenters. The Morgan fingerprint density at radius 2 is 1.62 bits per heavy atom. The molecule has 2 aliphatic rings. The first-order chi connectivity index (χ1) is 9.47. The van der Waals surface area contributed by atoms with Gasteiger partial charge < -0.3 is 9.47 Å². The second kappa shape index (κ2) is 4.85. The molecule has 0 aromatic carbocycles. The monoisotopic (exact) mass is 294 g/mol. The fourth-order valence-corrected chi connectivity index (χ4v) is 3.09. The lowest BCUT2D eigenvalue weighted by molar-refractivity contribution is -0.246. The number of ether oxygens (including phenoxy) is 2. The largest absolute Gasteiger partial charge is 0.422 e. The number of esters is 2. The number of hydrogen-bond acceptors (Lipinski definition) is 4. The highest BCUT2D eigenvalue weighted by atomic mass is 16.7. The van der Waals surface area contributed by atoms with Crippen LogP contribution in [0, 0.1) is 16.7 Å². The molecule has 1 unspecified atom stereocenters. The molecule has 0 aromatic heterocycles. The number of carbonyl (C=O) groups is 2. The number of cyclic esters (lactones) is 2. The van der Waals surface area contributed by atoms with Crippen molar-refractivity contribution in [3.05, 3.63) is 11.6 Å². The molecule has 21 heavy (non-hydrogen) atoms. The average Bonchev–Trinajstić information content (AvgIpc) is 2.34. The minimum atomic E-state index is -1.28. The number of carbonyl (C=O) groups excluding carboxylic acids is 2. The SMILES string of the molecule is CC1(C)OC(=O)C(C)(C2=CCC(C(C)(C)C)CC2)C(=O)O1. The van der Waals surface area contributed by atoms with Crippen LogP contribution >= 0.6 is 0 Å². The van der Waals surface area contributed by atoms with Crippen molar-refractivity contribution >= 4 is 11.9 Å². The van der Waals surface area contributed by atoms with Crippen molar-refractivity contribution < 1.29 is 19.1 Å². The van der Waals surface area contributed by atoms with E-state index in [9.17, 15) is 9.59 Å². The summed E-state index contributed by atoms with van der Waals surface area (Å²) in [4.78, 5) is 24.7. The quantitative estimate of drug-likeness (QED) is 0.421. The van der Waals surface area contributed by atoms with Crippen LogP contribution in [0.4, 0.5) is 0 Å². The highest BCUT2D eigenvalue weighted by Gasteiger charge is 2.55. The first-order valence-corrected chi connectivity index (χ1v) is 7.63. The zero-order valence-electron chi connectivity index (χ0n) is 13.9. The van der Waals surface area contributed by atoms with Gasteiger partial charge in [-0.15, -0.1) is 0 Å². The Bertz CT molecular complexity index is 473. The maximum absolute atomic E-state index is 12.4. The summed E-state index contributed by atoms with van der Waals surface area (Å²) in [5.41, 5.74) is -0.204. The second-order valence-electron chi connectivity index (χ2n) is 7.87. The van der Waals surface area contributed by atoms with Gasteiger partial charge in [-0.05, 0) is 43.1 Å². The maximum atomic E-state index is 12.4. The van der Waals surface area contributed by atoms with Crippen LogP contribution in [0.3, 0.4) is 0 Å². The molecule has 4 nitrogen and oxygen atoms in total. The van der Waals surface area contributed by atoms with E-state index in [1.165, 1.54) is 0 Å². The molecule has 1 aliphatic carbocycles. The third kappa shape index (κ3) is 2.85. The minimum absolute atomic E-state index is 0.235. The van der Waals surface area contributed by atoms with Gasteiger partial charge >= 0.3 is 11.9 Å². The molecule has 0 bridgehead atoms. The van der Waals surface area contributed by atoms with Crippen molar-refractivity contribution in [1.29, 1.82) is 0 Å². The molecule has 1 heterocycles. The van der Waals surface area contributed by atoms with Gasteiger partial charge in [0.1, 0.15) is 0 Å². The fraction of sp³-hybridized carbons (Fsp3) is 0.765. The van der Waals surface area contributed by atoms with E-state index in [4.69, 9.17) is 9.47 Å². The molecule has 2 rings (SSSR count). The normalized spacial score (nSPS) is 28.5. The van der Waals surface area contributed by atoms with Gasteiger partial charge in [-0.3, -0.25) is 9.59 Å². The van der Waals surface area contributed by atoms with Crippen LogP contribution in [0.15, 0.2) is 11.6 Å². The van der Waals surface area contributed by atoms with Crippen LogP contribution in [-0.4, -0.2) is 17.7 Å². The number of hydrogen-bond donors (Lipinski definition) is 0. The lowest BCUT2D eigenvalue weighted by Gasteiger charge is -2.41. The highest BCUT2D eigenvalue weighted by molar-refractivity contribution is 6.04. The molecule has 0 aromatic rings. The molecule has 0 amide bonds. The van der Waals surface area contributed by atoms with Crippen LogP contribution in [0.25, 0.3) is 0 Å². The van der Waals surface area contributed by atoms with Crippen LogP contribution < -0.4 is 0 Å². The summed E-state index contributed by atoms with van der Waals surface area (Å²) in [5.74, 6) is -1.60. The van der Waals surface area contributed by atoms with Gasteiger partial charge in [0, 0.05) is 13.8 Å². The van der Waals surface area contributed by atoms with E-state index in [0.29, 0.717) is 5.92 Å². The van der Waals surface area contributed by atoms with Crippen molar-refractivity contribution in [2.24, 2.45) is 16.7 Å². The summed E-state index contributed by atoms with van der Waals surface area (Å²) >= 11 is 0. The average molecular weight is 294 g/mol. The lowest BCUT2D eigenvalue weighted by Crippen LogP contribution is -2.53. The third-order valence-electron chi connectivity index (χ3n) is 4.77. The van der Waals surface area contributed by atoms with Gasteiger partial charge in [0.2, 0.25) is 0 Å². The molecule has 4 heteroatoms. The molecule has 0 saturated carbocycles. The standard InChI is InChI=1S/C17H26O4/c1-15(2,3)11-7-9-12(10-8-11)17(6)13(18)20-16(4,5)21-14(17)19/h9,11H,7-8,10H2,1-6H3. The number of rotatable bonds is 1. The van der Waals surface area contributed by atoms with E-state index in [2.05, 4.69) is 20.8 Å². The van der Waals surface area contributed by atoms with E-state index >= 15 is 0 Å².